The molecule has 0 bridgehead atoms. The van der Waals surface area contributed by atoms with Gasteiger partial charge in [-0.1, -0.05) is 6.07 Å². The summed E-state index contributed by atoms with van der Waals surface area (Å²) < 4.78 is 3.89. The summed E-state index contributed by atoms with van der Waals surface area (Å²) in [5, 5.41) is 12.8. The number of fused-ring (bicyclic) bond motifs is 1. The van der Waals surface area contributed by atoms with E-state index < -0.39 is 0 Å². The van der Waals surface area contributed by atoms with Gasteiger partial charge >= 0.3 is 0 Å². The Hall–Kier alpha value is -2.70. The van der Waals surface area contributed by atoms with E-state index in [4.69, 9.17) is 0 Å². The van der Waals surface area contributed by atoms with E-state index in [1.54, 1.807) is 6.20 Å². The molecule has 1 aliphatic rings. The van der Waals surface area contributed by atoms with Crippen LogP contribution in [0.4, 0.5) is 0 Å². The summed E-state index contributed by atoms with van der Waals surface area (Å²) in [6.45, 7) is 1.58. The van der Waals surface area contributed by atoms with Crippen LogP contribution in [-0.2, 0) is 18.3 Å². The van der Waals surface area contributed by atoms with Crippen molar-refractivity contribution in [2.75, 3.05) is 13.1 Å². The van der Waals surface area contributed by atoms with Crippen LogP contribution < -0.4 is 0 Å². The predicted octanol–water partition coefficient (Wildman–Crippen LogP) is 1.80. The van der Waals surface area contributed by atoms with E-state index in [0.717, 1.165) is 49.5 Å². The highest BCUT2D eigenvalue weighted by Crippen LogP contribution is 2.27. The molecule has 0 N–H and O–H groups in total. The molecular weight excluding hydrogens is 316 g/mol. The van der Waals surface area contributed by atoms with Gasteiger partial charge in [-0.05, 0) is 37.5 Å². The van der Waals surface area contributed by atoms with Gasteiger partial charge in [0.25, 0.3) is 0 Å². The first-order chi connectivity index (χ1) is 12.2. The van der Waals surface area contributed by atoms with Crippen molar-refractivity contribution in [2.45, 2.75) is 31.6 Å². The van der Waals surface area contributed by atoms with E-state index >= 15 is 0 Å². The van der Waals surface area contributed by atoms with Crippen LogP contribution in [0.15, 0.2) is 36.7 Å². The number of piperidine rings is 1. The zero-order valence-corrected chi connectivity index (χ0v) is 14.4. The molecule has 7 heteroatoms. The Morgan fingerprint density at radius 1 is 1.20 bits per heavy atom. The summed E-state index contributed by atoms with van der Waals surface area (Å²) >= 11 is 0. The van der Waals surface area contributed by atoms with Crippen molar-refractivity contribution in [3.63, 3.8) is 0 Å². The molecule has 3 aromatic heterocycles. The summed E-state index contributed by atoms with van der Waals surface area (Å²) in [5.74, 6) is 1.60. The number of aryl methyl sites for hydroxylation is 2. The number of aromatic nitrogens is 5. The van der Waals surface area contributed by atoms with Crippen LogP contribution in [0.25, 0.3) is 5.65 Å². The molecule has 1 amide bonds. The molecule has 7 nitrogen and oxygen atoms in total. The predicted molar refractivity (Wildman–Crippen MR) is 93.1 cm³/mol. The van der Waals surface area contributed by atoms with Crippen molar-refractivity contribution in [1.82, 2.24) is 29.3 Å². The topological polar surface area (TPSA) is 68.3 Å². The largest absolute Gasteiger partial charge is 0.343 e. The summed E-state index contributed by atoms with van der Waals surface area (Å²) in [5.41, 5.74) is 1.98. The Labute approximate surface area is 146 Å². The number of amides is 1. The molecule has 0 saturated carbocycles. The van der Waals surface area contributed by atoms with Crippen molar-refractivity contribution < 1.29 is 4.79 Å². The Bertz CT molecular complexity index is 874. The number of nitrogens with zero attached hydrogens (tertiary/aromatic N) is 6. The maximum absolute atomic E-state index is 12.5. The molecule has 1 fully saturated rings. The van der Waals surface area contributed by atoms with Gasteiger partial charge in [-0.15, -0.1) is 10.2 Å². The molecule has 4 heterocycles. The smallest absolute Gasteiger partial charge is 0.222 e. The minimum atomic E-state index is 0.228. The summed E-state index contributed by atoms with van der Waals surface area (Å²) in [4.78, 5) is 14.5. The van der Waals surface area contributed by atoms with Gasteiger partial charge in [0.1, 0.15) is 5.82 Å². The quantitative estimate of drug-likeness (QED) is 0.727. The Balaban J connectivity index is 1.35. The maximum atomic E-state index is 12.5. The number of hydrogen-bond donors (Lipinski definition) is 0. The lowest BCUT2D eigenvalue weighted by molar-refractivity contribution is -0.132. The van der Waals surface area contributed by atoms with Crippen LogP contribution in [0.1, 0.15) is 36.7 Å². The first-order valence-electron chi connectivity index (χ1n) is 8.76. The summed E-state index contributed by atoms with van der Waals surface area (Å²) in [7, 11) is 1.91. The first kappa shape index (κ1) is 15.8. The minimum Gasteiger partial charge on any atom is -0.343 e. The molecule has 4 rings (SSSR count). The van der Waals surface area contributed by atoms with Crippen molar-refractivity contribution in [1.29, 1.82) is 0 Å². The lowest BCUT2D eigenvalue weighted by Crippen LogP contribution is -2.38. The zero-order chi connectivity index (χ0) is 17.2. The molecule has 1 saturated heterocycles. The number of carbonyl (C=O) groups excluding carboxylic acids is 1. The van der Waals surface area contributed by atoms with E-state index in [-0.39, 0.29) is 5.91 Å². The van der Waals surface area contributed by atoms with E-state index in [1.807, 2.05) is 47.1 Å². The third kappa shape index (κ3) is 3.14. The van der Waals surface area contributed by atoms with Gasteiger partial charge in [0.2, 0.25) is 5.91 Å². The zero-order valence-electron chi connectivity index (χ0n) is 14.4. The summed E-state index contributed by atoms with van der Waals surface area (Å²) in [6, 6.07) is 7.90. The number of likely N-dealkylation sites (tertiary alicyclic amines) is 1. The van der Waals surface area contributed by atoms with Crippen LogP contribution in [0.2, 0.25) is 0 Å². The first-order valence-corrected chi connectivity index (χ1v) is 8.76. The van der Waals surface area contributed by atoms with Gasteiger partial charge in [0.05, 0.1) is 0 Å². The molecule has 0 aromatic carbocycles. The third-order valence-corrected chi connectivity index (χ3v) is 5.07. The fourth-order valence-corrected chi connectivity index (χ4v) is 3.57. The van der Waals surface area contributed by atoms with Gasteiger partial charge in [0, 0.05) is 50.6 Å². The second-order valence-electron chi connectivity index (χ2n) is 6.59. The third-order valence-electron chi connectivity index (χ3n) is 5.07. The standard InChI is InChI=1S/C18H22N6O/c1-22-15(7-10-19-22)5-6-17(25)23-12-8-14(9-13-23)18-21-20-16-4-2-3-11-24(16)18/h2-4,7,10-11,14H,5-6,8-9,12-13H2,1H3. The molecule has 1 aliphatic heterocycles. The number of hydrogen-bond acceptors (Lipinski definition) is 4. The normalized spacial score (nSPS) is 15.8. The van der Waals surface area contributed by atoms with Crippen molar-refractivity contribution in [3.05, 3.63) is 48.2 Å². The van der Waals surface area contributed by atoms with Crippen LogP contribution >= 0.6 is 0 Å². The van der Waals surface area contributed by atoms with E-state index in [9.17, 15) is 4.79 Å². The molecule has 25 heavy (non-hydrogen) atoms. The molecular formula is C18H22N6O. The Kier molecular flexibility index (Phi) is 4.21. The lowest BCUT2D eigenvalue weighted by Gasteiger charge is -2.31. The van der Waals surface area contributed by atoms with Crippen LogP contribution in [0.3, 0.4) is 0 Å². The highest BCUT2D eigenvalue weighted by Gasteiger charge is 2.26. The van der Waals surface area contributed by atoms with Crippen molar-refractivity contribution in [3.8, 4) is 0 Å². The average molecular weight is 338 g/mol. The van der Waals surface area contributed by atoms with Gasteiger partial charge in [-0.2, -0.15) is 5.10 Å². The number of pyridine rings is 1. The molecule has 0 spiro atoms. The monoisotopic (exact) mass is 338 g/mol. The Morgan fingerprint density at radius 2 is 2.04 bits per heavy atom. The van der Waals surface area contributed by atoms with Gasteiger partial charge in [-0.25, -0.2) is 0 Å². The van der Waals surface area contributed by atoms with Gasteiger partial charge < -0.3 is 4.90 Å². The molecule has 0 radical (unpaired) electrons. The highest BCUT2D eigenvalue weighted by atomic mass is 16.2. The van der Waals surface area contributed by atoms with Crippen LogP contribution in [0, 0.1) is 0 Å². The molecule has 0 atom stereocenters. The number of carbonyl (C=O) groups is 1. The van der Waals surface area contributed by atoms with E-state index in [1.165, 1.54) is 0 Å². The van der Waals surface area contributed by atoms with Gasteiger partial charge in [-0.3, -0.25) is 13.9 Å². The maximum Gasteiger partial charge on any atom is 0.222 e. The molecule has 130 valence electrons. The minimum absolute atomic E-state index is 0.228. The Morgan fingerprint density at radius 3 is 2.80 bits per heavy atom. The molecule has 0 unspecified atom stereocenters. The fraction of sp³-hybridized carbons (Fsp3) is 0.444. The van der Waals surface area contributed by atoms with E-state index in [0.29, 0.717) is 12.3 Å². The van der Waals surface area contributed by atoms with Crippen LogP contribution in [0.5, 0.6) is 0 Å². The van der Waals surface area contributed by atoms with Crippen LogP contribution in [-0.4, -0.2) is 48.3 Å². The number of rotatable bonds is 4. The summed E-state index contributed by atoms with van der Waals surface area (Å²) in [6.07, 6.45) is 6.94. The van der Waals surface area contributed by atoms with Crippen molar-refractivity contribution >= 4 is 11.6 Å². The fourth-order valence-electron chi connectivity index (χ4n) is 3.57. The average Bonchev–Trinajstić information content (AvgIpc) is 3.26. The van der Waals surface area contributed by atoms with Crippen molar-refractivity contribution in [2.24, 2.45) is 7.05 Å². The second-order valence-corrected chi connectivity index (χ2v) is 6.59. The van der Waals surface area contributed by atoms with Gasteiger partial charge in [0.15, 0.2) is 5.65 Å². The molecule has 0 aliphatic carbocycles. The SMILES string of the molecule is Cn1nccc1CCC(=O)N1CCC(c2nnc3ccccn23)CC1. The highest BCUT2D eigenvalue weighted by molar-refractivity contribution is 5.76. The second kappa shape index (κ2) is 6.66. The lowest BCUT2D eigenvalue weighted by atomic mass is 9.95. The molecule has 3 aromatic rings. The van der Waals surface area contributed by atoms with E-state index in [2.05, 4.69) is 19.7 Å².